The van der Waals surface area contributed by atoms with Crippen molar-refractivity contribution in [2.45, 2.75) is 13.3 Å². The molecule has 0 aliphatic heterocycles. The van der Waals surface area contributed by atoms with Crippen molar-refractivity contribution in [2.75, 3.05) is 11.9 Å². The summed E-state index contributed by atoms with van der Waals surface area (Å²) < 4.78 is 0. The van der Waals surface area contributed by atoms with Gasteiger partial charge in [0, 0.05) is 31.0 Å². The van der Waals surface area contributed by atoms with E-state index in [1.54, 1.807) is 19.3 Å². The van der Waals surface area contributed by atoms with E-state index >= 15 is 0 Å². The number of ketones is 1. The predicted octanol–water partition coefficient (Wildman–Crippen LogP) is 1.47. The molecule has 0 spiro atoms. The molecular formula is C9H12N2O. The molecule has 0 amide bonds. The Labute approximate surface area is 71.8 Å². The molecule has 0 saturated heterocycles. The van der Waals surface area contributed by atoms with Crippen LogP contribution < -0.4 is 5.32 Å². The van der Waals surface area contributed by atoms with Crippen LogP contribution >= 0.6 is 0 Å². The van der Waals surface area contributed by atoms with E-state index in [-0.39, 0.29) is 5.78 Å². The van der Waals surface area contributed by atoms with E-state index in [4.69, 9.17) is 0 Å². The number of nitrogens with zero attached hydrogens (tertiary/aromatic N) is 1. The van der Waals surface area contributed by atoms with Gasteiger partial charge in [-0.2, -0.15) is 0 Å². The number of aromatic nitrogens is 1. The van der Waals surface area contributed by atoms with Crippen molar-refractivity contribution in [3.05, 3.63) is 24.5 Å². The second-order valence-electron chi connectivity index (χ2n) is 2.61. The van der Waals surface area contributed by atoms with Crippen molar-refractivity contribution in [1.82, 2.24) is 4.98 Å². The van der Waals surface area contributed by atoms with Gasteiger partial charge in [-0.1, -0.05) is 0 Å². The molecule has 3 nitrogen and oxygen atoms in total. The summed E-state index contributed by atoms with van der Waals surface area (Å²) in [5, 5.41) is 3.12. The molecule has 1 aromatic heterocycles. The topological polar surface area (TPSA) is 42.0 Å². The molecule has 0 aromatic carbocycles. The van der Waals surface area contributed by atoms with Crippen LogP contribution in [-0.2, 0) is 4.79 Å². The van der Waals surface area contributed by atoms with Crippen LogP contribution in [0.1, 0.15) is 13.3 Å². The highest BCUT2D eigenvalue weighted by Gasteiger charge is 1.92. The van der Waals surface area contributed by atoms with E-state index in [9.17, 15) is 4.79 Å². The molecule has 0 aliphatic rings. The maximum absolute atomic E-state index is 10.6. The lowest BCUT2D eigenvalue weighted by atomic mass is 10.3. The number of pyridine rings is 1. The SMILES string of the molecule is CC(=O)CCNc1ccncc1. The zero-order valence-corrected chi connectivity index (χ0v) is 7.08. The van der Waals surface area contributed by atoms with Gasteiger partial charge in [-0.25, -0.2) is 0 Å². The average Bonchev–Trinajstić information content (AvgIpc) is 2.05. The van der Waals surface area contributed by atoms with E-state index in [1.165, 1.54) is 0 Å². The van der Waals surface area contributed by atoms with Crippen molar-refractivity contribution in [2.24, 2.45) is 0 Å². The van der Waals surface area contributed by atoms with Crippen LogP contribution in [0.2, 0.25) is 0 Å². The number of hydrogen-bond donors (Lipinski definition) is 1. The first kappa shape index (κ1) is 8.71. The Balaban J connectivity index is 2.29. The molecule has 3 heteroatoms. The van der Waals surface area contributed by atoms with E-state index in [0.29, 0.717) is 13.0 Å². The first-order valence-corrected chi connectivity index (χ1v) is 3.92. The summed E-state index contributed by atoms with van der Waals surface area (Å²) in [6.45, 7) is 2.29. The van der Waals surface area contributed by atoms with E-state index < -0.39 is 0 Å². The molecule has 0 saturated carbocycles. The number of anilines is 1. The Kier molecular flexibility index (Phi) is 3.26. The summed E-state index contributed by atoms with van der Waals surface area (Å²) >= 11 is 0. The molecule has 12 heavy (non-hydrogen) atoms. The van der Waals surface area contributed by atoms with Gasteiger partial charge >= 0.3 is 0 Å². The van der Waals surface area contributed by atoms with E-state index in [0.717, 1.165) is 5.69 Å². The van der Waals surface area contributed by atoms with Crippen LogP contribution in [0.3, 0.4) is 0 Å². The Morgan fingerprint density at radius 1 is 1.50 bits per heavy atom. The summed E-state index contributed by atoms with van der Waals surface area (Å²) in [5.74, 6) is 0.205. The summed E-state index contributed by atoms with van der Waals surface area (Å²) in [4.78, 5) is 14.5. The normalized spacial score (nSPS) is 9.42. The molecule has 0 aliphatic carbocycles. The van der Waals surface area contributed by atoms with Crippen LogP contribution in [0.5, 0.6) is 0 Å². The molecule has 1 N–H and O–H groups in total. The van der Waals surface area contributed by atoms with Gasteiger partial charge in [0.1, 0.15) is 5.78 Å². The number of nitrogens with one attached hydrogen (secondary N) is 1. The lowest BCUT2D eigenvalue weighted by Crippen LogP contribution is -2.05. The van der Waals surface area contributed by atoms with Crippen molar-refractivity contribution in [1.29, 1.82) is 0 Å². The number of carbonyl (C=O) groups is 1. The molecule has 1 heterocycles. The van der Waals surface area contributed by atoms with Gasteiger partial charge in [-0.05, 0) is 19.1 Å². The van der Waals surface area contributed by atoms with Gasteiger partial charge in [-0.3, -0.25) is 9.78 Å². The molecule has 1 aromatic rings. The maximum atomic E-state index is 10.6. The fourth-order valence-corrected chi connectivity index (χ4v) is 0.853. The second kappa shape index (κ2) is 4.49. The Hall–Kier alpha value is -1.38. The van der Waals surface area contributed by atoms with Crippen molar-refractivity contribution in [3.8, 4) is 0 Å². The molecule has 64 valence electrons. The fraction of sp³-hybridized carbons (Fsp3) is 0.333. The van der Waals surface area contributed by atoms with Crippen molar-refractivity contribution in [3.63, 3.8) is 0 Å². The van der Waals surface area contributed by atoms with Crippen LogP contribution in [-0.4, -0.2) is 17.3 Å². The third-order valence-corrected chi connectivity index (χ3v) is 1.49. The maximum Gasteiger partial charge on any atom is 0.131 e. The Morgan fingerprint density at radius 3 is 2.75 bits per heavy atom. The lowest BCUT2D eigenvalue weighted by molar-refractivity contribution is -0.116. The van der Waals surface area contributed by atoms with Crippen molar-refractivity contribution >= 4 is 11.5 Å². The smallest absolute Gasteiger partial charge is 0.131 e. The molecule has 0 unspecified atom stereocenters. The molecular weight excluding hydrogens is 152 g/mol. The summed E-state index contributed by atoms with van der Waals surface area (Å²) in [6, 6.07) is 3.75. The summed E-state index contributed by atoms with van der Waals surface area (Å²) in [6.07, 6.45) is 4.01. The van der Waals surface area contributed by atoms with Gasteiger partial charge < -0.3 is 5.32 Å². The number of carbonyl (C=O) groups excluding carboxylic acids is 1. The highest BCUT2D eigenvalue weighted by atomic mass is 16.1. The summed E-state index contributed by atoms with van der Waals surface area (Å²) in [5.41, 5.74) is 1.01. The monoisotopic (exact) mass is 164 g/mol. The number of hydrogen-bond acceptors (Lipinski definition) is 3. The van der Waals surface area contributed by atoms with Crippen LogP contribution in [0.4, 0.5) is 5.69 Å². The number of Topliss-reactive ketones (excluding diaryl/α,β-unsaturated/α-hetero) is 1. The molecule has 0 bridgehead atoms. The highest BCUT2D eigenvalue weighted by molar-refractivity contribution is 5.75. The quantitative estimate of drug-likeness (QED) is 0.732. The van der Waals surface area contributed by atoms with Gasteiger partial charge in [0.25, 0.3) is 0 Å². The number of rotatable bonds is 4. The van der Waals surface area contributed by atoms with Crippen molar-refractivity contribution < 1.29 is 4.79 Å². The van der Waals surface area contributed by atoms with Crippen LogP contribution in [0.25, 0.3) is 0 Å². The lowest BCUT2D eigenvalue weighted by Gasteiger charge is -2.02. The standard InChI is InChI=1S/C9H12N2O/c1-8(12)2-7-11-9-3-5-10-6-4-9/h3-6H,2,7H2,1H3,(H,10,11). The van der Waals surface area contributed by atoms with Gasteiger partial charge in [0.15, 0.2) is 0 Å². The van der Waals surface area contributed by atoms with Gasteiger partial charge in [0.05, 0.1) is 0 Å². The second-order valence-corrected chi connectivity index (χ2v) is 2.61. The molecule has 0 fully saturated rings. The van der Waals surface area contributed by atoms with Gasteiger partial charge in [-0.15, -0.1) is 0 Å². The first-order chi connectivity index (χ1) is 5.79. The zero-order chi connectivity index (χ0) is 8.81. The minimum Gasteiger partial charge on any atom is -0.385 e. The minimum atomic E-state index is 0.205. The van der Waals surface area contributed by atoms with Gasteiger partial charge in [0.2, 0.25) is 0 Å². The largest absolute Gasteiger partial charge is 0.385 e. The van der Waals surface area contributed by atoms with Crippen LogP contribution in [0.15, 0.2) is 24.5 Å². The average molecular weight is 164 g/mol. The molecule has 0 radical (unpaired) electrons. The van der Waals surface area contributed by atoms with Crippen LogP contribution in [0, 0.1) is 0 Å². The van der Waals surface area contributed by atoms with E-state index in [2.05, 4.69) is 10.3 Å². The Morgan fingerprint density at radius 2 is 2.17 bits per heavy atom. The Bertz CT molecular complexity index is 246. The minimum absolute atomic E-state index is 0.205. The van der Waals surface area contributed by atoms with E-state index in [1.807, 2.05) is 12.1 Å². The zero-order valence-electron chi connectivity index (χ0n) is 7.08. The molecule has 0 atom stereocenters. The first-order valence-electron chi connectivity index (χ1n) is 3.92. The third-order valence-electron chi connectivity index (χ3n) is 1.49. The predicted molar refractivity (Wildman–Crippen MR) is 48.0 cm³/mol. The fourth-order valence-electron chi connectivity index (χ4n) is 0.853. The highest BCUT2D eigenvalue weighted by Crippen LogP contribution is 2.02. The summed E-state index contributed by atoms with van der Waals surface area (Å²) in [7, 11) is 0. The molecule has 1 rings (SSSR count). The third kappa shape index (κ3) is 3.14.